The molecule has 0 atom stereocenters. The van der Waals surface area contributed by atoms with Crippen LogP contribution in [0.5, 0.6) is 0 Å². The molecule has 0 aliphatic carbocycles. The van der Waals surface area contributed by atoms with Gasteiger partial charge in [-0.25, -0.2) is 0 Å². The van der Waals surface area contributed by atoms with Gasteiger partial charge in [0.15, 0.2) is 0 Å². The van der Waals surface area contributed by atoms with E-state index in [0.29, 0.717) is 6.54 Å². The van der Waals surface area contributed by atoms with Crippen LogP contribution in [-0.4, -0.2) is 30.4 Å². The van der Waals surface area contributed by atoms with E-state index in [1.165, 1.54) is 16.7 Å². The molecule has 3 nitrogen and oxygen atoms in total. The lowest BCUT2D eigenvalue weighted by molar-refractivity contribution is -0.129. The molecule has 0 saturated heterocycles. The van der Waals surface area contributed by atoms with Crippen LogP contribution in [0.2, 0.25) is 0 Å². The summed E-state index contributed by atoms with van der Waals surface area (Å²) in [5.41, 5.74) is 3.79. The Labute approximate surface area is 110 Å². The van der Waals surface area contributed by atoms with Crippen LogP contribution in [0, 0.1) is 13.8 Å². The number of carbonyl (C=O) groups excluding carboxylic acids is 1. The molecular weight excluding hydrogens is 224 g/mol. The quantitative estimate of drug-likeness (QED) is 0.837. The Balaban J connectivity index is 2.46. The summed E-state index contributed by atoms with van der Waals surface area (Å²) in [4.78, 5) is 13.7. The molecule has 0 aromatic heterocycles. The molecule has 0 unspecified atom stereocenters. The summed E-state index contributed by atoms with van der Waals surface area (Å²) in [5, 5.41) is 3.23. The van der Waals surface area contributed by atoms with E-state index in [-0.39, 0.29) is 5.91 Å². The summed E-state index contributed by atoms with van der Waals surface area (Å²) in [6.07, 6.45) is 0. The van der Waals surface area contributed by atoms with Gasteiger partial charge in [-0.1, -0.05) is 23.8 Å². The van der Waals surface area contributed by atoms with Crippen LogP contribution in [-0.2, 0) is 11.3 Å². The second-order valence-corrected chi connectivity index (χ2v) is 4.60. The maximum atomic E-state index is 11.8. The minimum absolute atomic E-state index is 0.172. The standard InChI is InChI=1S/C15H24N2O/c1-5-17(6-2)15(18)11-16-10-14-9-12(3)7-8-13(14)4/h7-9,16H,5-6,10-11H2,1-4H3. The number of nitrogens with one attached hydrogen (secondary N) is 1. The second kappa shape index (κ2) is 7.17. The summed E-state index contributed by atoms with van der Waals surface area (Å²) < 4.78 is 0. The predicted octanol–water partition coefficient (Wildman–Crippen LogP) is 2.26. The Morgan fingerprint density at radius 1 is 1.22 bits per heavy atom. The molecule has 18 heavy (non-hydrogen) atoms. The SMILES string of the molecule is CCN(CC)C(=O)CNCc1cc(C)ccc1C. The van der Waals surface area contributed by atoms with Crippen molar-refractivity contribution in [2.24, 2.45) is 0 Å². The van der Waals surface area contributed by atoms with E-state index in [4.69, 9.17) is 0 Å². The van der Waals surface area contributed by atoms with Crippen LogP contribution in [0.3, 0.4) is 0 Å². The molecule has 1 aromatic rings. The minimum atomic E-state index is 0.172. The third-order valence-corrected chi connectivity index (χ3v) is 3.21. The topological polar surface area (TPSA) is 32.3 Å². The lowest BCUT2D eigenvalue weighted by atomic mass is 10.1. The molecule has 1 rings (SSSR count). The molecule has 1 amide bonds. The third-order valence-electron chi connectivity index (χ3n) is 3.21. The van der Waals surface area contributed by atoms with E-state index in [1.807, 2.05) is 18.7 Å². The zero-order valence-electron chi connectivity index (χ0n) is 11.9. The summed E-state index contributed by atoms with van der Waals surface area (Å²) in [6.45, 7) is 10.9. The maximum Gasteiger partial charge on any atom is 0.236 e. The molecule has 1 N–H and O–H groups in total. The van der Waals surface area contributed by atoms with Gasteiger partial charge in [0.2, 0.25) is 5.91 Å². The highest BCUT2D eigenvalue weighted by Crippen LogP contribution is 2.09. The average molecular weight is 248 g/mol. The van der Waals surface area contributed by atoms with Gasteiger partial charge >= 0.3 is 0 Å². The highest BCUT2D eigenvalue weighted by Gasteiger charge is 2.08. The number of aryl methyl sites for hydroxylation is 2. The summed E-state index contributed by atoms with van der Waals surface area (Å²) in [6, 6.07) is 6.41. The fourth-order valence-electron chi connectivity index (χ4n) is 1.98. The second-order valence-electron chi connectivity index (χ2n) is 4.60. The zero-order chi connectivity index (χ0) is 13.5. The van der Waals surface area contributed by atoms with E-state index in [0.717, 1.165) is 19.6 Å². The van der Waals surface area contributed by atoms with Crippen LogP contribution in [0.1, 0.15) is 30.5 Å². The van der Waals surface area contributed by atoms with Gasteiger partial charge in [-0.2, -0.15) is 0 Å². The van der Waals surface area contributed by atoms with E-state index < -0.39 is 0 Å². The van der Waals surface area contributed by atoms with Crippen molar-refractivity contribution in [1.82, 2.24) is 10.2 Å². The fourth-order valence-corrected chi connectivity index (χ4v) is 1.98. The Morgan fingerprint density at radius 2 is 1.89 bits per heavy atom. The van der Waals surface area contributed by atoms with E-state index in [9.17, 15) is 4.79 Å². The molecule has 0 radical (unpaired) electrons. The summed E-state index contributed by atoms with van der Waals surface area (Å²) in [7, 11) is 0. The lowest BCUT2D eigenvalue weighted by Crippen LogP contribution is -2.37. The van der Waals surface area contributed by atoms with E-state index in [2.05, 4.69) is 37.4 Å². The molecular formula is C15H24N2O. The normalized spacial score (nSPS) is 10.4. The van der Waals surface area contributed by atoms with Crippen molar-refractivity contribution < 1.29 is 4.79 Å². The monoisotopic (exact) mass is 248 g/mol. The van der Waals surface area contributed by atoms with Crippen LogP contribution in [0.15, 0.2) is 18.2 Å². The first kappa shape index (κ1) is 14.7. The van der Waals surface area contributed by atoms with Crippen molar-refractivity contribution in [3.8, 4) is 0 Å². The number of amides is 1. The first-order valence-corrected chi connectivity index (χ1v) is 6.63. The minimum Gasteiger partial charge on any atom is -0.342 e. The average Bonchev–Trinajstić information content (AvgIpc) is 2.35. The Hall–Kier alpha value is -1.35. The Kier molecular flexibility index (Phi) is 5.86. The van der Waals surface area contributed by atoms with Gasteiger partial charge in [0.1, 0.15) is 0 Å². The van der Waals surface area contributed by atoms with Crippen LogP contribution in [0.25, 0.3) is 0 Å². The number of hydrogen-bond acceptors (Lipinski definition) is 2. The number of nitrogens with zero attached hydrogens (tertiary/aromatic N) is 1. The van der Waals surface area contributed by atoms with Gasteiger partial charge in [-0.3, -0.25) is 4.79 Å². The van der Waals surface area contributed by atoms with Crippen LogP contribution >= 0.6 is 0 Å². The van der Waals surface area contributed by atoms with Crippen molar-refractivity contribution in [1.29, 1.82) is 0 Å². The smallest absolute Gasteiger partial charge is 0.236 e. The number of benzene rings is 1. The number of hydrogen-bond donors (Lipinski definition) is 1. The number of likely N-dealkylation sites (N-methyl/N-ethyl adjacent to an activating group) is 1. The molecule has 0 bridgehead atoms. The van der Waals surface area contributed by atoms with Gasteiger partial charge in [0.25, 0.3) is 0 Å². The molecule has 0 aliphatic heterocycles. The molecule has 0 saturated carbocycles. The van der Waals surface area contributed by atoms with Gasteiger partial charge < -0.3 is 10.2 Å². The molecule has 0 aliphatic rings. The van der Waals surface area contributed by atoms with Crippen LogP contribution in [0.4, 0.5) is 0 Å². The highest BCUT2D eigenvalue weighted by atomic mass is 16.2. The Bertz CT molecular complexity index is 397. The van der Waals surface area contributed by atoms with Crippen LogP contribution < -0.4 is 5.32 Å². The van der Waals surface area contributed by atoms with Crippen molar-refractivity contribution >= 4 is 5.91 Å². The number of rotatable bonds is 6. The summed E-state index contributed by atoms with van der Waals surface area (Å²) >= 11 is 0. The first-order valence-electron chi connectivity index (χ1n) is 6.63. The largest absolute Gasteiger partial charge is 0.342 e. The van der Waals surface area contributed by atoms with Gasteiger partial charge in [0, 0.05) is 19.6 Å². The fraction of sp³-hybridized carbons (Fsp3) is 0.533. The molecule has 0 fully saturated rings. The van der Waals surface area contributed by atoms with E-state index >= 15 is 0 Å². The molecule has 1 aromatic carbocycles. The molecule has 0 spiro atoms. The highest BCUT2D eigenvalue weighted by molar-refractivity contribution is 5.78. The van der Waals surface area contributed by atoms with Crippen molar-refractivity contribution in [3.63, 3.8) is 0 Å². The first-order chi connectivity index (χ1) is 8.58. The molecule has 0 heterocycles. The maximum absolute atomic E-state index is 11.8. The molecule has 100 valence electrons. The van der Waals surface area contributed by atoms with Gasteiger partial charge in [0.05, 0.1) is 6.54 Å². The number of carbonyl (C=O) groups is 1. The van der Waals surface area contributed by atoms with Crippen molar-refractivity contribution in [2.45, 2.75) is 34.2 Å². The summed E-state index contributed by atoms with van der Waals surface area (Å²) in [5.74, 6) is 0.172. The third kappa shape index (κ3) is 4.15. The lowest BCUT2D eigenvalue weighted by Gasteiger charge is -2.19. The van der Waals surface area contributed by atoms with E-state index in [1.54, 1.807) is 0 Å². The van der Waals surface area contributed by atoms with Gasteiger partial charge in [-0.05, 0) is 38.8 Å². The molecule has 3 heteroatoms. The van der Waals surface area contributed by atoms with Crippen molar-refractivity contribution in [3.05, 3.63) is 34.9 Å². The predicted molar refractivity (Wildman–Crippen MR) is 75.6 cm³/mol. The zero-order valence-corrected chi connectivity index (χ0v) is 11.9. The van der Waals surface area contributed by atoms with Crippen molar-refractivity contribution in [2.75, 3.05) is 19.6 Å². The van der Waals surface area contributed by atoms with Gasteiger partial charge in [-0.15, -0.1) is 0 Å². The Morgan fingerprint density at radius 3 is 2.50 bits per heavy atom.